The van der Waals surface area contributed by atoms with Crippen LogP contribution in [0.2, 0.25) is 0 Å². The fraction of sp³-hybridized carbons (Fsp3) is 0. The number of hydrogen-bond donors (Lipinski definition) is 1. The lowest BCUT2D eigenvalue weighted by Gasteiger charge is -1.98. The van der Waals surface area contributed by atoms with E-state index in [1.165, 1.54) is 6.07 Å². The summed E-state index contributed by atoms with van der Waals surface area (Å²) in [5.74, 6) is 0.268. The average molecular weight is 317 g/mol. The van der Waals surface area contributed by atoms with Crippen molar-refractivity contribution < 1.29 is 14.6 Å². The van der Waals surface area contributed by atoms with Crippen molar-refractivity contribution in [3.8, 4) is 11.5 Å². The summed E-state index contributed by atoms with van der Waals surface area (Å²) in [5, 5.41) is 9.69. The maximum atomic E-state index is 12.1. The number of rotatable bonds is 1. The van der Waals surface area contributed by atoms with Gasteiger partial charge in [0.15, 0.2) is 5.76 Å². The van der Waals surface area contributed by atoms with E-state index in [0.717, 1.165) is 10.0 Å². The number of fused-ring (bicyclic) bond motifs is 1. The van der Waals surface area contributed by atoms with E-state index in [1.807, 2.05) is 24.3 Å². The van der Waals surface area contributed by atoms with Crippen LogP contribution in [0.4, 0.5) is 0 Å². The second kappa shape index (κ2) is 4.55. The van der Waals surface area contributed by atoms with Crippen molar-refractivity contribution in [2.24, 2.45) is 0 Å². The zero-order valence-corrected chi connectivity index (χ0v) is 11.3. The van der Waals surface area contributed by atoms with Crippen molar-refractivity contribution in [3.05, 3.63) is 63.8 Å². The van der Waals surface area contributed by atoms with Crippen LogP contribution in [-0.4, -0.2) is 10.9 Å². The first-order valence-electron chi connectivity index (χ1n) is 5.67. The average Bonchev–Trinajstić information content (AvgIpc) is 2.71. The second-order valence-electron chi connectivity index (χ2n) is 4.14. The number of phenolic OH excluding ortho intramolecular Hbond substituents is 1. The van der Waals surface area contributed by atoms with Gasteiger partial charge in [-0.15, -0.1) is 0 Å². The normalized spacial score (nSPS) is 15.4. The van der Waals surface area contributed by atoms with Gasteiger partial charge in [-0.1, -0.05) is 34.1 Å². The summed E-state index contributed by atoms with van der Waals surface area (Å²) >= 11 is 3.35. The van der Waals surface area contributed by atoms with Gasteiger partial charge >= 0.3 is 0 Å². The minimum absolute atomic E-state index is 0.0540. The molecule has 0 amide bonds. The largest absolute Gasteiger partial charge is 0.507 e. The lowest BCUT2D eigenvalue weighted by Crippen LogP contribution is -1.98. The molecule has 3 rings (SSSR count). The maximum Gasteiger partial charge on any atom is 0.235 e. The van der Waals surface area contributed by atoms with Crippen LogP contribution in [0.1, 0.15) is 15.9 Å². The predicted octanol–water partition coefficient (Wildman–Crippen LogP) is 3.77. The van der Waals surface area contributed by atoms with Gasteiger partial charge in [0.2, 0.25) is 5.78 Å². The minimum atomic E-state index is -0.295. The molecule has 94 valence electrons. The van der Waals surface area contributed by atoms with Crippen molar-refractivity contribution >= 4 is 27.8 Å². The van der Waals surface area contributed by atoms with E-state index in [0.29, 0.717) is 5.75 Å². The third kappa shape index (κ3) is 2.15. The fourth-order valence-corrected chi connectivity index (χ4v) is 2.19. The SMILES string of the molecule is O=C1/C(=C\c2ccc(Br)cc2)Oc2cccc(O)c21. The van der Waals surface area contributed by atoms with Crippen LogP contribution in [0.3, 0.4) is 0 Å². The molecule has 2 aromatic rings. The molecule has 1 aliphatic rings. The molecular formula is C15H9BrO3. The Kier molecular flexibility index (Phi) is 2.87. The maximum absolute atomic E-state index is 12.1. The van der Waals surface area contributed by atoms with Crippen LogP contribution in [-0.2, 0) is 0 Å². The van der Waals surface area contributed by atoms with Crippen LogP contribution < -0.4 is 4.74 Å². The van der Waals surface area contributed by atoms with Gasteiger partial charge in [0, 0.05) is 4.47 Å². The predicted molar refractivity (Wildman–Crippen MR) is 75.2 cm³/mol. The first-order chi connectivity index (χ1) is 9.15. The molecule has 1 heterocycles. The van der Waals surface area contributed by atoms with Crippen molar-refractivity contribution in [2.75, 3.05) is 0 Å². The van der Waals surface area contributed by atoms with Crippen LogP contribution in [0.5, 0.6) is 11.5 Å². The summed E-state index contributed by atoms with van der Waals surface area (Å²) in [6.45, 7) is 0. The number of aromatic hydroxyl groups is 1. The van der Waals surface area contributed by atoms with Gasteiger partial charge < -0.3 is 9.84 Å². The summed E-state index contributed by atoms with van der Waals surface area (Å²) in [4.78, 5) is 12.1. The highest BCUT2D eigenvalue weighted by Crippen LogP contribution is 2.37. The van der Waals surface area contributed by atoms with E-state index < -0.39 is 0 Å². The third-order valence-electron chi connectivity index (χ3n) is 2.84. The summed E-state index contributed by atoms with van der Waals surface area (Å²) < 4.78 is 6.44. The Morgan fingerprint density at radius 1 is 1.11 bits per heavy atom. The second-order valence-corrected chi connectivity index (χ2v) is 5.06. The number of carbonyl (C=O) groups excluding carboxylic acids is 1. The first-order valence-corrected chi connectivity index (χ1v) is 6.46. The molecule has 0 aliphatic carbocycles. The van der Waals surface area contributed by atoms with Crippen molar-refractivity contribution in [2.45, 2.75) is 0 Å². The number of benzene rings is 2. The molecule has 0 unspecified atom stereocenters. The Bertz CT molecular complexity index is 687. The van der Waals surface area contributed by atoms with Gasteiger partial charge in [-0.25, -0.2) is 0 Å². The highest BCUT2D eigenvalue weighted by Gasteiger charge is 2.30. The molecule has 0 saturated carbocycles. The highest BCUT2D eigenvalue weighted by molar-refractivity contribution is 9.10. The van der Waals surface area contributed by atoms with Gasteiger partial charge in [0.05, 0.1) is 0 Å². The Labute approximate surface area is 118 Å². The first kappa shape index (κ1) is 12.0. The van der Waals surface area contributed by atoms with E-state index in [-0.39, 0.29) is 22.9 Å². The molecule has 0 radical (unpaired) electrons. The lowest BCUT2D eigenvalue weighted by atomic mass is 10.1. The Balaban J connectivity index is 2.00. The number of Topliss-reactive ketones (excluding diaryl/α,β-unsaturated/α-hetero) is 1. The fourth-order valence-electron chi connectivity index (χ4n) is 1.93. The van der Waals surface area contributed by atoms with E-state index in [1.54, 1.807) is 18.2 Å². The molecule has 1 N–H and O–H groups in total. The lowest BCUT2D eigenvalue weighted by molar-refractivity contribution is 0.101. The number of carbonyl (C=O) groups is 1. The monoisotopic (exact) mass is 316 g/mol. The van der Waals surface area contributed by atoms with E-state index in [4.69, 9.17) is 4.74 Å². The number of phenols is 1. The van der Waals surface area contributed by atoms with E-state index in [9.17, 15) is 9.90 Å². The number of ether oxygens (including phenoxy) is 1. The summed E-state index contributed by atoms with van der Waals surface area (Å²) in [6, 6.07) is 12.3. The Morgan fingerprint density at radius 2 is 1.84 bits per heavy atom. The molecule has 0 atom stereocenters. The highest BCUT2D eigenvalue weighted by atomic mass is 79.9. The minimum Gasteiger partial charge on any atom is -0.507 e. The molecule has 0 saturated heterocycles. The molecular weight excluding hydrogens is 308 g/mol. The number of halogens is 1. The van der Waals surface area contributed by atoms with Crippen molar-refractivity contribution in [1.29, 1.82) is 0 Å². The summed E-state index contributed by atoms with van der Waals surface area (Å²) in [5.41, 5.74) is 1.09. The van der Waals surface area contributed by atoms with Crippen molar-refractivity contribution in [3.63, 3.8) is 0 Å². The zero-order valence-electron chi connectivity index (χ0n) is 9.76. The molecule has 0 bridgehead atoms. The number of hydrogen-bond acceptors (Lipinski definition) is 3. The van der Waals surface area contributed by atoms with Crippen molar-refractivity contribution in [1.82, 2.24) is 0 Å². The van der Waals surface area contributed by atoms with Gasteiger partial charge in [0.25, 0.3) is 0 Å². The molecule has 0 spiro atoms. The Hall–Kier alpha value is -2.07. The standard InChI is InChI=1S/C15H9BrO3/c16-10-6-4-9(5-7-10)8-13-15(18)14-11(17)2-1-3-12(14)19-13/h1-8,17H/b13-8+. The molecule has 4 heteroatoms. The van der Waals surface area contributed by atoms with Gasteiger partial charge in [-0.2, -0.15) is 0 Å². The quantitative estimate of drug-likeness (QED) is 0.815. The van der Waals surface area contributed by atoms with Crippen LogP contribution in [0.25, 0.3) is 6.08 Å². The smallest absolute Gasteiger partial charge is 0.235 e. The Morgan fingerprint density at radius 3 is 2.53 bits per heavy atom. The molecule has 0 fully saturated rings. The number of ketones is 1. The third-order valence-corrected chi connectivity index (χ3v) is 3.37. The molecule has 3 nitrogen and oxygen atoms in total. The molecule has 2 aromatic carbocycles. The summed E-state index contributed by atoms with van der Waals surface area (Å²) in [7, 11) is 0. The topological polar surface area (TPSA) is 46.5 Å². The van der Waals surface area contributed by atoms with E-state index in [2.05, 4.69) is 15.9 Å². The van der Waals surface area contributed by atoms with Crippen LogP contribution >= 0.6 is 15.9 Å². The van der Waals surface area contributed by atoms with Crippen LogP contribution in [0, 0.1) is 0 Å². The number of allylic oxidation sites excluding steroid dienone is 1. The van der Waals surface area contributed by atoms with Gasteiger partial charge in [-0.3, -0.25) is 4.79 Å². The van der Waals surface area contributed by atoms with E-state index >= 15 is 0 Å². The molecule has 1 aliphatic heterocycles. The van der Waals surface area contributed by atoms with Gasteiger partial charge in [0.1, 0.15) is 17.1 Å². The molecule has 19 heavy (non-hydrogen) atoms. The zero-order chi connectivity index (χ0) is 13.4. The van der Waals surface area contributed by atoms with Gasteiger partial charge in [-0.05, 0) is 35.9 Å². The van der Waals surface area contributed by atoms with Crippen LogP contribution in [0.15, 0.2) is 52.7 Å². The molecule has 0 aromatic heterocycles. The summed E-state index contributed by atoms with van der Waals surface area (Å²) in [6.07, 6.45) is 1.66.